The van der Waals surface area contributed by atoms with Gasteiger partial charge in [0.1, 0.15) is 0 Å². The van der Waals surface area contributed by atoms with Crippen molar-refractivity contribution in [2.45, 2.75) is 0 Å². The Morgan fingerprint density at radius 2 is 1.67 bits per heavy atom. The van der Waals surface area contributed by atoms with E-state index in [4.69, 9.17) is 30.8 Å². The zero-order valence-electron chi connectivity index (χ0n) is 17.0. The molecular weight excluding hydrogens is 426 g/mol. The van der Waals surface area contributed by atoms with Gasteiger partial charge in [-0.15, -0.1) is 0 Å². The van der Waals surface area contributed by atoms with Gasteiger partial charge >= 0.3 is 0 Å². The summed E-state index contributed by atoms with van der Waals surface area (Å²) in [6.45, 7) is 2.63. The van der Waals surface area contributed by atoms with E-state index in [1.165, 1.54) is 21.3 Å². The summed E-state index contributed by atoms with van der Waals surface area (Å²) in [6.07, 6.45) is 0. The van der Waals surface area contributed by atoms with Crippen molar-refractivity contribution in [2.75, 3.05) is 52.4 Å². The summed E-state index contributed by atoms with van der Waals surface area (Å²) in [5, 5.41) is 1.66. The van der Waals surface area contributed by atoms with Crippen molar-refractivity contribution in [1.82, 2.24) is 9.88 Å². The van der Waals surface area contributed by atoms with Crippen LogP contribution in [0, 0.1) is 0 Å². The fourth-order valence-electron chi connectivity index (χ4n) is 3.51. The van der Waals surface area contributed by atoms with E-state index in [1.807, 2.05) is 23.1 Å². The first-order chi connectivity index (χ1) is 14.5. The number of methoxy groups -OCH3 is 3. The minimum atomic E-state index is -0.0648. The monoisotopic (exact) mass is 447 g/mol. The van der Waals surface area contributed by atoms with Gasteiger partial charge in [0.05, 0.1) is 31.5 Å². The molecule has 0 spiro atoms. The third kappa shape index (κ3) is 3.85. The smallest absolute Gasteiger partial charge is 0.254 e. The molecule has 2 aromatic carbocycles. The lowest BCUT2D eigenvalue weighted by Gasteiger charge is -2.34. The lowest BCUT2D eigenvalue weighted by atomic mass is 10.1. The van der Waals surface area contributed by atoms with Gasteiger partial charge in [0.25, 0.3) is 5.91 Å². The van der Waals surface area contributed by atoms with Crippen molar-refractivity contribution in [3.8, 4) is 17.2 Å². The van der Waals surface area contributed by atoms with Crippen LogP contribution < -0.4 is 19.1 Å². The average molecular weight is 448 g/mol. The number of nitrogens with zero attached hydrogens (tertiary/aromatic N) is 3. The van der Waals surface area contributed by atoms with Crippen LogP contribution in [0.3, 0.4) is 0 Å². The average Bonchev–Trinajstić information content (AvgIpc) is 3.20. The fraction of sp³-hybridized carbons (Fsp3) is 0.333. The molecule has 0 bridgehead atoms. The molecule has 7 nitrogen and oxygen atoms in total. The van der Waals surface area contributed by atoms with Gasteiger partial charge in [-0.1, -0.05) is 22.9 Å². The molecule has 0 saturated carbocycles. The van der Waals surface area contributed by atoms with E-state index in [2.05, 4.69) is 4.90 Å². The van der Waals surface area contributed by atoms with Crippen LogP contribution in [0.15, 0.2) is 30.3 Å². The molecule has 30 heavy (non-hydrogen) atoms. The lowest BCUT2D eigenvalue weighted by Crippen LogP contribution is -2.48. The highest BCUT2D eigenvalue weighted by Gasteiger charge is 2.26. The molecule has 1 saturated heterocycles. The van der Waals surface area contributed by atoms with Crippen LogP contribution >= 0.6 is 22.9 Å². The number of carbonyl (C=O) groups is 1. The number of ether oxygens (including phenoxy) is 3. The molecule has 3 aromatic rings. The molecule has 1 aliphatic rings. The second-order valence-electron chi connectivity index (χ2n) is 6.80. The Morgan fingerprint density at radius 1 is 1.00 bits per heavy atom. The van der Waals surface area contributed by atoms with Crippen molar-refractivity contribution in [3.63, 3.8) is 0 Å². The maximum Gasteiger partial charge on any atom is 0.254 e. The van der Waals surface area contributed by atoms with Crippen molar-refractivity contribution in [3.05, 3.63) is 40.9 Å². The van der Waals surface area contributed by atoms with Crippen LogP contribution in [0.25, 0.3) is 10.2 Å². The van der Waals surface area contributed by atoms with E-state index in [0.29, 0.717) is 54.0 Å². The Bertz CT molecular complexity index is 1050. The van der Waals surface area contributed by atoms with Crippen LogP contribution in [0.5, 0.6) is 17.2 Å². The summed E-state index contributed by atoms with van der Waals surface area (Å²) < 4.78 is 17.1. The summed E-state index contributed by atoms with van der Waals surface area (Å²) in [6, 6.07) is 9.09. The predicted molar refractivity (Wildman–Crippen MR) is 119 cm³/mol. The van der Waals surface area contributed by atoms with Gasteiger partial charge in [-0.25, -0.2) is 4.98 Å². The first kappa shape index (κ1) is 20.6. The molecule has 0 atom stereocenters. The second kappa shape index (κ2) is 8.57. The van der Waals surface area contributed by atoms with E-state index in [0.717, 1.165) is 15.3 Å². The highest BCUT2D eigenvalue weighted by molar-refractivity contribution is 7.22. The number of aromatic nitrogens is 1. The first-order valence-corrected chi connectivity index (χ1v) is 10.6. The van der Waals surface area contributed by atoms with E-state index in [-0.39, 0.29) is 5.91 Å². The predicted octanol–water partition coefficient (Wildman–Crippen LogP) is 3.94. The fourth-order valence-corrected chi connectivity index (χ4v) is 4.80. The molecule has 9 heteroatoms. The van der Waals surface area contributed by atoms with E-state index in [1.54, 1.807) is 23.5 Å². The van der Waals surface area contributed by atoms with Crippen molar-refractivity contribution in [1.29, 1.82) is 0 Å². The van der Waals surface area contributed by atoms with Crippen molar-refractivity contribution in [2.24, 2.45) is 0 Å². The number of rotatable bonds is 5. The molecule has 4 rings (SSSR count). The van der Waals surface area contributed by atoms with Gasteiger partial charge in [0, 0.05) is 36.8 Å². The van der Waals surface area contributed by atoms with E-state index >= 15 is 0 Å². The standard InChI is InChI=1S/C21H22ClN3O4S/c1-27-16-10-13(11-17(28-2)19(16)29-3)20(26)24-6-8-25(9-7-24)21-23-15-5-4-14(22)12-18(15)30-21/h4-5,10-12H,6-9H2,1-3H3. The number of fused-ring (bicyclic) bond motifs is 1. The molecule has 1 fully saturated rings. The first-order valence-electron chi connectivity index (χ1n) is 9.44. The van der Waals surface area contributed by atoms with Crippen LogP contribution in [0.4, 0.5) is 5.13 Å². The van der Waals surface area contributed by atoms with Gasteiger partial charge in [0.2, 0.25) is 5.75 Å². The number of piperazine rings is 1. The zero-order chi connectivity index (χ0) is 21.3. The Hall–Kier alpha value is -2.71. The molecule has 0 aliphatic carbocycles. The number of hydrogen-bond donors (Lipinski definition) is 0. The Labute approximate surface area is 183 Å². The SMILES string of the molecule is COc1cc(C(=O)N2CCN(c3nc4ccc(Cl)cc4s3)CC2)cc(OC)c1OC. The maximum atomic E-state index is 13.1. The molecule has 1 aromatic heterocycles. The second-order valence-corrected chi connectivity index (χ2v) is 8.25. The molecule has 2 heterocycles. The number of anilines is 1. The molecule has 1 amide bonds. The van der Waals surface area contributed by atoms with Crippen molar-refractivity contribution < 1.29 is 19.0 Å². The quantitative estimate of drug-likeness (QED) is 0.590. The van der Waals surface area contributed by atoms with Gasteiger partial charge in [-0.2, -0.15) is 0 Å². The molecular formula is C21H22ClN3O4S. The Kier molecular flexibility index (Phi) is 5.87. The van der Waals surface area contributed by atoms with Gasteiger partial charge in [-0.3, -0.25) is 4.79 Å². The lowest BCUT2D eigenvalue weighted by molar-refractivity contribution is 0.0746. The minimum Gasteiger partial charge on any atom is -0.493 e. The number of halogens is 1. The largest absolute Gasteiger partial charge is 0.493 e. The summed E-state index contributed by atoms with van der Waals surface area (Å²) in [5.74, 6) is 1.33. The number of benzene rings is 2. The van der Waals surface area contributed by atoms with Gasteiger partial charge < -0.3 is 24.0 Å². The third-order valence-corrected chi connectivity index (χ3v) is 6.40. The van der Waals surface area contributed by atoms with Crippen LogP contribution in [-0.4, -0.2) is 63.3 Å². The Balaban J connectivity index is 1.49. The molecule has 1 aliphatic heterocycles. The number of hydrogen-bond acceptors (Lipinski definition) is 7. The van der Waals surface area contributed by atoms with Crippen LogP contribution in [0.1, 0.15) is 10.4 Å². The number of carbonyl (C=O) groups excluding carboxylic acids is 1. The molecule has 0 N–H and O–H groups in total. The summed E-state index contributed by atoms with van der Waals surface area (Å²) in [5.41, 5.74) is 1.45. The Morgan fingerprint density at radius 3 is 2.27 bits per heavy atom. The molecule has 0 radical (unpaired) electrons. The summed E-state index contributed by atoms with van der Waals surface area (Å²) in [4.78, 5) is 21.8. The summed E-state index contributed by atoms with van der Waals surface area (Å²) in [7, 11) is 4.61. The normalized spacial score (nSPS) is 14.1. The topological polar surface area (TPSA) is 64.1 Å². The third-order valence-electron chi connectivity index (χ3n) is 5.09. The van der Waals surface area contributed by atoms with E-state index in [9.17, 15) is 4.79 Å². The van der Waals surface area contributed by atoms with Crippen LogP contribution in [0.2, 0.25) is 5.02 Å². The van der Waals surface area contributed by atoms with Crippen LogP contribution in [-0.2, 0) is 0 Å². The summed E-state index contributed by atoms with van der Waals surface area (Å²) >= 11 is 7.70. The molecule has 158 valence electrons. The highest BCUT2D eigenvalue weighted by Crippen LogP contribution is 2.38. The minimum absolute atomic E-state index is 0.0648. The maximum absolute atomic E-state index is 13.1. The number of amides is 1. The molecule has 0 unspecified atom stereocenters. The zero-order valence-corrected chi connectivity index (χ0v) is 18.5. The number of thiazole rings is 1. The van der Waals surface area contributed by atoms with Crippen molar-refractivity contribution >= 4 is 44.2 Å². The van der Waals surface area contributed by atoms with E-state index < -0.39 is 0 Å². The van der Waals surface area contributed by atoms with Gasteiger partial charge in [-0.05, 0) is 30.3 Å². The highest BCUT2D eigenvalue weighted by atomic mass is 35.5. The van der Waals surface area contributed by atoms with Gasteiger partial charge in [0.15, 0.2) is 16.6 Å².